The minimum absolute atomic E-state index is 0. The molecule has 0 aromatic heterocycles. The molecule has 0 unspecified atom stereocenters. The number of hydrogen-bond donors (Lipinski definition) is 2. The predicted octanol–water partition coefficient (Wildman–Crippen LogP) is 3.80. The summed E-state index contributed by atoms with van der Waals surface area (Å²) in [5, 5.41) is 0. The van der Waals surface area contributed by atoms with E-state index in [-0.39, 0.29) is 22.9 Å². The predicted molar refractivity (Wildman–Crippen MR) is 106 cm³/mol. The summed E-state index contributed by atoms with van der Waals surface area (Å²) in [6.07, 6.45) is 0. The molecule has 0 heterocycles. The zero-order valence-corrected chi connectivity index (χ0v) is 15.7. The lowest BCUT2D eigenvalue weighted by Crippen LogP contribution is -2.15. The first kappa shape index (κ1) is 20.3. The van der Waals surface area contributed by atoms with Crippen LogP contribution in [0, 0.1) is 0 Å². The first-order valence-corrected chi connectivity index (χ1v) is 9.19. The molecular formula is C19H17ClN2O4S. The van der Waals surface area contributed by atoms with Crippen LogP contribution < -0.4 is 15.2 Å². The average molecular weight is 405 g/mol. The maximum Gasteiger partial charge on any atom is 0.262 e. The van der Waals surface area contributed by atoms with Gasteiger partial charge in [-0.3, -0.25) is 9.52 Å². The molecule has 0 saturated carbocycles. The zero-order valence-electron chi connectivity index (χ0n) is 14.0. The molecule has 0 atom stereocenters. The highest BCUT2D eigenvalue weighted by atomic mass is 35.5. The molecule has 0 bridgehead atoms. The van der Waals surface area contributed by atoms with Gasteiger partial charge in [-0.2, -0.15) is 0 Å². The SMILES string of the molecule is Cl.NC(=O)c1ccc(S(=O)(=O)Nc2ccccc2Oc2ccccc2)cc1. The van der Waals surface area contributed by atoms with Crippen LogP contribution in [-0.4, -0.2) is 14.3 Å². The fraction of sp³-hybridized carbons (Fsp3) is 0. The molecule has 1 amide bonds. The second-order valence-corrected chi connectivity index (χ2v) is 7.09. The molecule has 0 aliphatic heterocycles. The lowest BCUT2D eigenvalue weighted by Gasteiger charge is -2.13. The van der Waals surface area contributed by atoms with Crippen molar-refractivity contribution < 1.29 is 17.9 Å². The van der Waals surface area contributed by atoms with Gasteiger partial charge in [-0.1, -0.05) is 30.3 Å². The standard InChI is InChI=1S/C19H16N2O4S.ClH/c20-19(22)14-10-12-16(13-11-14)26(23,24)21-17-8-4-5-9-18(17)25-15-6-2-1-3-7-15;/h1-13,21H,(H2,20,22);1H. The van der Waals surface area contributed by atoms with Gasteiger partial charge in [-0.15, -0.1) is 12.4 Å². The maximum absolute atomic E-state index is 12.6. The largest absolute Gasteiger partial charge is 0.455 e. The number of ether oxygens (including phenoxy) is 1. The third-order valence-electron chi connectivity index (χ3n) is 3.55. The van der Waals surface area contributed by atoms with E-state index >= 15 is 0 Å². The molecule has 0 spiro atoms. The Morgan fingerprint density at radius 2 is 1.44 bits per heavy atom. The Kier molecular flexibility index (Phi) is 6.44. The number of carbonyl (C=O) groups is 1. The van der Waals surface area contributed by atoms with Crippen LogP contribution in [0.25, 0.3) is 0 Å². The van der Waals surface area contributed by atoms with Crippen molar-refractivity contribution in [2.45, 2.75) is 4.90 Å². The third-order valence-corrected chi connectivity index (χ3v) is 4.93. The lowest BCUT2D eigenvalue weighted by atomic mass is 10.2. The molecule has 3 rings (SSSR count). The Hall–Kier alpha value is -3.03. The summed E-state index contributed by atoms with van der Waals surface area (Å²) in [4.78, 5) is 11.1. The first-order chi connectivity index (χ1) is 12.5. The molecule has 0 radical (unpaired) electrons. The normalized spacial score (nSPS) is 10.5. The second kappa shape index (κ2) is 8.57. The van der Waals surface area contributed by atoms with Crippen molar-refractivity contribution >= 4 is 34.0 Å². The topological polar surface area (TPSA) is 98.5 Å². The molecular weight excluding hydrogens is 388 g/mol. The number of benzene rings is 3. The Labute approximate surface area is 163 Å². The molecule has 140 valence electrons. The molecule has 0 aliphatic carbocycles. The molecule has 3 aromatic carbocycles. The Balaban J connectivity index is 0.00000261. The first-order valence-electron chi connectivity index (χ1n) is 7.70. The van der Waals surface area contributed by atoms with Gasteiger partial charge in [-0.05, 0) is 48.5 Å². The maximum atomic E-state index is 12.6. The quantitative estimate of drug-likeness (QED) is 0.652. The summed E-state index contributed by atoms with van der Waals surface area (Å²) in [5.41, 5.74) is 5.70. The van der Waals surface area contributed by atoms with E-state index in [2.05, 4.69) is 4.72 Å². The number of para-hydroxylation sites is 3. The van der Waals surface area contributed by atoms with Crippen molar-refractivity contribution in [3.63, 3.8) is 0 Å². The number of amides is 1. The van der Waals surface area contributed by atoms with Crippen LogP contribution in [0.4, 0.5) is 5.69 Å². The van der Waals surface area contributed by atoms with Crippen LogP contribution >= 0.6 is 12.4 Å². The van der Waals surface area contributed by atoms with Crippen LogP contribution in [0.3, 0.4) is 0 Å². The number of nitrogens with two attached hydrogens (primary N) is 1. The highest BCUT2D eigenvalue weighted by molar-refractivity contribution is 7.92. The summed E-state index contributed by atoms with van der Waals surface area (Å²) in [6.45, 7) is 0. The minimum Gasteiger partial charge on any atom is -0.455 e. The van der Waals surface area contributed by atoms with Crippen LogP contribution in [0.5, 0.6) is 11.5 Å². The molecule has 6 nitrogen and oxygen atoms in total. The van der Waals surface area contributed by atoms with Crippen molar-refractivity contribution in [2.24, 2.45) is 5.73 Å². The number of rotatable bonds is 6. The summed E-state index contributed by atoms with van der Waals surface area (Å²) >= 11 is 0. The summed E-state index contributed by atoms with van der Waals surface area (Å²) in [7, 11) is -3.85. The number of anilines is 1. The molecule has 27 heavy (non-hydrogen) atoms. The third kappa shape index (κ3) is 4.99. The van der Waals surface area contributed by atoms with E-state index in [1.54, 1.807) is 36.4 Å². The molecule has 3 N–H and O–H groups in total. The van der Waals surface area contributed by atoms with Gasteiger partial charge < -0.3 is 10.5 Å². The Morgan fingerprint density at radius 1 is 0.852 bits per heavy atom. The van der Waals surface area contributed by atoms with Gasteiger partial charge >= 0.3 is 0 Å². The van der Waals surface area contributed by atoms with Crippen molar-refractivity contribution in [3.8, 4) is 11.5 Å². The summed E-state index contributed by atoms with van der Waals surface area (Å²) in [5.74, 6) is 0.338. The van der Waals surface area contributed by atoms with Crippen LogP contribution in [-0.2, 0) is 10.0 Å². The van der Waals surface area contributed by atoms with Gasteiger partial charge in [0.05, 0.1) is 10.6 Å². The van der Waals surface area contributed by atoms with E-state index < -0.39 is 15.9 Å². The van der Waals surface area contributed by atoms with E-state index in [9.17, 15) is 13.2 Å². The van der Waals surface area contributed by atoms with Crippen molar-refractivity contribution in [2.75, 3.05) is 4.72 Å². The van der Waals surface area contributed by atoms with Gasteiger partial charge in [0.15, 0.2) is 5.75 Å². The van der Waals surface area contributed by atoms with E-state index in [0.29, 0.717) is 17.2 Å². The molecule has 8 heteroatoms. The van der Waals surface area contributed by atoms with Crippen LogP contribution in [0.15, 0.2) is 83.8 Å². The smallest absolute Gasteiger partial charge is 0.262 e. The summed E-state index contributed by atoms with van der Waals surface area (Å²) in [6, 6.07) is 21.1. The van der Waals surface area contributed by atoms with Crippen molar-refractivity contribution in [1.82, 2.24) is 0 Å². The minimum atomic E-state index is -3.85. The van der Waals surface area contributed by atoms with Gasteiger partial charge in [0.25, 0.3) is 10.0 Å². The van der Waals surface area contributed by atoms with Crippen molar-refractivity contribution in [1.29, 1.82) is 0 Å². The Morgan fingerprint density at radius 3 is 2.07 bits per heavy atom. The molecule has 0 aliphatic rings. The highest BCUT2D eigenvalue weighted by Gasteiger charge is 2.17. The Bertz CT molecular complexity index is 1020. The van der Waals surface area contributed by atoms with E-state index in [1.807, 2.05) is 18.2 Å². The fourth-order valence-electron chi connectivity index (χ4n) is 2.26. The van der Waals surface area contributed by atoms with Gasteiger partial charge in [0.1, 0.15) is 5.75 Å². The van der Waals surface area contributed by atoms with Gasteiger partial charge in [-0.25, -0.2) is 8.42 Å². The fourth-order valence-corrected chi connectivity index (χ4v) is 3.33. The zero-order chi connectivity index (χ0) is 18.6. The van der Waals surface area contributed by atoms with E-state index in [1.165, 1.54) is 24.3 Å². The number of primary amides is 1. The van der Waals surface area contributed by atoms with E-state index in [0.717, 1.165) is 0 Å². The van der Waals surface area contributed by atoms with Gasteiger partial charge in [0.2, 0.25) is 5.91 Å². The monoisotopic (exact) mass is 404 g/mol. The highest BCUT2D eigenvalue weighted by Crippen LogP contribution is 2.30. The molecule has 3 aromatic rings. The van der Waals surface area contributed by atoms with Gasteiger partial charge in [0, 0.05) is 5.56 Å². The number of carbonyl (C=O) groups excluding carboxylic acids is 1. The van der Waals surface area contributed by atoms with Crippen LogP contribution in [0.1, 0.15) is 10.4 Å². The number of sulfonamides is 1. The second-order valence-electron chi connectivity index (χ2n) is 5.41. The van der Waals surface area contributed by atoms with E-state index in [4.69, 9.17) is 10.5 Å². The number of nitrogens with one attached hydrogen (secondary N) is 1. The number of hydrogen-bond acceptors (Lipinski definition) is 4. The molecule has 0 saturated heterocycles. The lowest BCUT2D eigenvalue weighted by molar-refractivity contribution is 0.1000. The van der Waals surface area contributed by atoms with Crippen LogP contribution in [0.2, 0.25) is 0 Å². The summed E-state index contributed by atoms with van der Waals surface area (Å²) < 4.78 is 33.5. The van der Waals surface area contributed by atoms with Crippen molar-refractivity contribution in [3.05, 3.63) is 84.4 Å². The average Bonchev–Trinajstić information content (AvgIpc) is 2.64. The number of halogens is 1. The molecule has 0 fully saturated rings.